The molecule has 0 aromatic heterocycles. The van der Waals surface area contributed by atoms with E-state index in [4.69, 9.17) is 4.74 Å². The maximum absolute atomic E-state index is 12.2. The zero-order valence-electron chi connectivity index (χ0n) is 13.1. The van der Waals surface area contributed by atoms with Crippen LogP contribution in [0.1, 0.15) is 26.3 Å². The highest BCUT2D eigenvalue weighted by atomic mass is 32.2. The second-order valence-electron chi connectivity index (χ2n) is 5.94. The molecule has 0 aliphatic rings. The summed E-state index contributed by atoms with van der Waals surface area (Å²) in [6, 6.07) is 5.50. The van der Waals surface area contributed by atoms with Gasteiger partial charge in [0, 0.05) is 0 Å². The minimum absolute atomic E-state index is 0.0962. The van der Waals surface area contributed by atoms with Crippen LogP contribution in [0.5, 0.6) is 5.75 Å². The van der Waals surface area contributed by atoms with Gasteiger partial charge in [-0.1, -0.05) is 12.1 Å². The highest BCUT2D eigenvalue weighted by Crippen LogP contribution is 2.22. The largest absolute Gasteiger partial charge is 0.516 e. The lowest BCUT2D eigenvalue weighted by molar-refractivity contribution is -0.143. The third-order valence-electron chi connectivity index (χ3n) is 2.64. The zero-order chi connectivity index (χ0) is 18.8. The lowest BCUT2D eigenvalue weighted by Gasteiger charge is -2.16. The van der Waals surface area contributed by atoms with Crippen molar-refractivity contribution in [1.82, 2.24) is 4.72 Å². The van der Waals surface area contributed by atoms with Crippen molar-refractivity contribution in [3.8, 4) is 5.75 Å². The summed E-state index contributed by atoms with van der Waals surface area (Å²) in [7, 11) is -5.75. The Bertz CT molecular complexity index is 736. The van der Waals surface area contributed by atoms with E-state index in [2.05, 4.69) is 0 Å². The Morgan fingerprint density at radius 1 is 1.17 bits per heavy atom. The summed E-state index contributed by atoms with van der Waals surface area (Å²) in [4.78, 5) is 23.2. The van der Waals surface area contributed by atoms with Crippen molar-refractivity contribution in [2.45, 2.75) is 32.7 Å². The van der Waals surface area contributed by atoms with Gasteiger partial charge >= 0.3 is 21.5 Å². The number of nitrogens with one attached hydrogen (secondary N) is 1. The topological polar surface area (TPSA) is 89.5 Å². The molecule has 0 aliphatic heterocycles. The average Bonchev–Trinajstić information content (AvgIpc) is 2.35. The van der Waals surface area contributed by atoms with Crippen molar-refractivity contribution in [2.24, 2.45) is 5.41 Å². The molecule has 1 rings (SSSR count). The summed E-state index contributed by atoms with van der Waals surface area (Å²) in [6.45, 7) is 4.90. The molecule has 0 unspecified atom stereocenters. The predicted octanol–water partition coefficient (Wildman–Crippen LogP) is 2.15. The fourth-order valence-electron chi connectivity index (χ4n) is 1.41. The van der Waals surface area contributed by atoms with Crippen LogP contribution < -0.4 is 9.46 Å². The Labute approximate surface area is 137 Å². The second kappa shape index (κ2) is 6.80. The molecule has 0 atom stereocenters. The van der Waals surface area contributed by atoms with E-state index in [1.807, 2.05) is 0 Å². The van der Waals surface area contributed by atoms with Crippen LogP contribution in [0.25, 0.3) is 0 Å². The van der Waals surface area contributed by atoms with Crippen LogP contribution in [0, 0.1) is 5.41 Å². The number of rotatable bonds is 4. The number of sulfonamides is 1. The molecule has 134 valence electrons. The summed E-state index contributed by atoms with van der Waals surface area (Å²) < 4.78 is 64.3. The molecule has 24 heavy (non-hydrogen) atoms. The van der Waals surface area contributed by atoms with Gasteiger partial charge in [0.05, 0.1) is 11.8 Å². The van der Waals surface area contributed by atoms with Gasteiger partial charge in [0.25, 0.3) is 0 Å². The van der Waals surface area contributed by atoms with Gasteiger partial charge in [0.2, 0.25) is 5.91 Å². The number of benzene rings is 1. The van der Waals surface area contributed by atoms with Crippen molar-refractivity contribution in [3.63, 3.8) is 0 Å². The minimum Gasteiger partial charge on any atom is -0.426 e. The van der Waals surface area contributed by atoms with E-state index in [1.165, 1.54) is 24.3 Å². The first-order chi connectivity index (χ1) is 10.7. The van der Waals surface area contributed by atoms with E-state index in [0.29, 0.717) is 0 Å². The van der Waals surface area contributed by atoms with Crippen LogP contribution in [-0.4, -0.2) is 25.8 Å². The molecular formula is C14H16F3NO5S. The van der Waals surface area contributed by atoms with Gasteiger partial charge in [-0.25, -0.2) is 4.72 Å². The fourth-order valence-corrected chi connectivity index (χ4v) is 1.90. The summed E-state index contributed by atoms with van der Waals surface area (Å²) in [5, 5.41) is 0. The summed E-state index contributed by atoms with van der Waals surface area (Å²) in [5.74, 6) is -1.80. The van der Waals surface area contributed by atoms with Gasteiger partial charge in [0.1, 0.15) is 5.75 Å². The Morgan fingerprint density at radius 3 is 2.25 bits per heavy atom. The Hall–Kier alpha value is -2.10. The number of halogens is 3. The molecule has 0 fully saturated rings. The highest BCUT2D eigenvalue weighted by Gasteiger charge is 2.46. The van der Waals surface area contributed by atoms with Gasteiger partial charge in [-0.05, 0) is 38.5 Å². The molecule has 0 bridgehead atoms. The quantitative estimate of drug-likeness (QED) is 0.651. The number of amides is 1. The van der Waals surface area contributed by atoms with Gasteiger partial charge in [0.15, 0.2) is 0 Å². The molecule has 0 spiro atoms. The number of esters is 1. The van der Waals surface area contributed by atoms with Crippen LogP contribution >= 0.6 is 0 Å². The van der Waals surface area contributed by atoms with E-state index in [1.54, 1.807) is 20.8 Å². The van der Waals surface area contributed by atoms with E-state index < -0.39 is 39.2 Å². The molecule has 0 saturated heterocycles. The first-order valence-corrected chi connectivity index (χ1v) is 8.14. The predicted molar refractivity (Wildman–Crippen MR) is 78.4 cm³/mol. The van der Waals surface area contributed by atoms with Crippen molar-refractivity contribution < 1.29 is 35.9 Å². The molecule has 0 saturated carbocycles. The molecule has 0 heterocycles. The van der Waals surface area contributed by atoms with Crippen LogP contribution in [0.4, 0.5) is 13.2 Å². The minimum atomic E-state index is -5.75. The summed E-state index contributed by atoms with van der Waals surface area (Å²) in [5.41, 5.74) is -6.16. The molecule has 0 radical (unpaired) electrons. The maximum Gasteiger partial charge on any atom is 0.516 e. The smallest absolute Gasteiger partial charge is 0.426 e. The van der Waals surface area contributed by atoms with Crippen molar-refractivity contribution >= 4 is 21.9 Å². The first kappa shape index (κ1) is 19.9. The first-order valence-electron chi connectivity index (χ1n) is 6.65. The van der Waals surface area contributed by atoms with Crippen molar-refractivity contribution in [3.05, 3.63) is 29.8 Å². The van der Waals surface area contributed by atoms with Crippen molar-refractivity contribution in [2.75, 3.05) is 0 Å². The number of ether oxygens (including phenoxy) is 1. The molecule has 10 heteroatoms. The SMILES string of the molecule is CC(C)(C)C(=O)Oc1cccc(CC(=O)NS(=O)(=O)C(F)(F)F)c1. The van der Waals surface area contributed by atoms with Crippen LogP contribution in [-0.2, 0) is 26.0 Å². The molecular weight excluding hydrogens is 351 g/mol. The number of carbonyl (C=O) groups excluding carboxylic acids is 2. The third-order valence-corrected chi connectivity index (χ3v) is 3.74. The highest BCUT2D eigenvalue weighted by molar-refractivity contribution is 7.90. The molecule has 6 nitrogen and oxygen atoms in total. The number of carbonyl (C=O) groups is 2. The molecule has 1 aromatic rings. The lowest BCUT2D eigenvalue weighted by Crippen LogP contribution is -2.40. The number of hydrogen-bond donors (Lipinski definition) is 1. The second-order valence-corrected chi connectivity index (χ2v) is 7.61. The molecule has 1 amide bonds. The van der Waals surface area contributed by atoms with E-state index in [0.717, 1.165) is 4.72 Å². The number of alkyl halides is 3. The molecule has 1 N–H and O–H groups in total. The molecule has 1 aromatic carbocycles. The number of hydrogen-bond acceptors (Lipinski definition) is 5. The van der Waals surface area contributed by atoms with E-state index >= 15 is 0 Å². The zero-order valence-corrected chi connectivity index (χ0v) is 13.9. The average molecular weight is 367 g/mol. The van der Waals surface area contributed by atoms with Gasteiger partial charge in [-0.2, -0.15) is 21.6 Å². The lowest BCUT2D eigenvalue weighted by atomic mass is 9.97. The summed E-state index contributed by atoms with van der Waals surface area (Å²) >= 11 is 0. The maximum atomic E-state index is 12.2. The Kier molecular flexibility index (Phi) is 5.65. The summed E-state index contributed by atoms with van der Waals surface area (Å²) in [6.07, 6.45) is -0.629. The van der Waals surface area contributed by atoms with Gasteiger partial charge in [-0.3, -0.25) is 9.59 Å². The van der Waals surface area contributed by atoms with Crippen LogP contribution in [0.15, 0.2) is 24.3 Å². The van der Waals surface area contributed by atoms with Gasteiger partial charge < -0.3 is 4.74 Å². The fraction of sp³-hybridized carbons (Fsp3) is 0.429. The van der Waals surface area contributed by atoms with Gasteiger partial charge in [-0.15, -0.1) is 0 Å². The third kappa shape index (κ3) is 5.52. The normalized spacial score (nSPS) is 12.6. The van der Waals surface area contributed by atoms with Crippen LogP contribution in [0.3, 0.4) is 0 Å². The van der Waals surface area contributed by atoms with Crippen molar-refractivity contribution in [1.29, 1.82) is 0 Å². The van der Waals surface area contributed by atoms with E-state index in [9.17, 15) is 31.2 Å². The monoisotopic (exact) mass is 367 g/mol. The Morgan fingerprint density at radius 2 is 1.75 bits per heavy atom. The van der Waals surface area contributed by atoms with E-state index in [-0.39, 0.29) is 11.3 Å². The molecule has 0 aliphatic carbocycles. The Balaban J connectivity index is 2.82. The standard InChI is InChI=1S/C14H16F3NO5S/c1-13(2,3)12(20)23-10-6-4-5-9(7-10)8-11(19)18-24(21,22)14(15,16)17/h4-7H,8H2,1-3H3,(H,18,19). The van der Waals surface area contributed by atoms with Crippen LogP contribution in [0.2, 0.25) is 0 Å².